The van der Waals surface area contributed by atoms with Gasteiger partial charge in [-0.25, -0.2) is 0 Å². The van der Waals surface area contributed by atoms with Crippen LogP contribution in [-0.2, 0) is 10.8 Å². The molecule has 0 unspecified atom stereocenters. The first kappa shape index (κ1) is 26.9. The van der Waals surface area contributed by atoms with Crippen molar-refractivity contribution in [1.82, 2.24) is 0 Å². The van der Waals surface area contributed by atoms with Crippen LogP contribution in [-0.4, -0.2) is 0 Å². The zero-order valence-corrected chi connectivity index (χ0v) is 26.5. The normalized spacial score (nSPS) is 15.0. The van der Waals surface area contributed by atoms with Crippen molar-refractivity contribution in [1.29, 1.82) is 0 Å². The molecule has 2 aliphatic carbocycles. The van der Waals surface area contributed by atoms with Crippen LogP contribution in [0.5, 0.6) is 0 Å². The third-order valence-electron chi connectivity index (χ3n) is 10.5. The van der Waals surface area contributed by atoms with Crippen LogP contribution in [0.15, 0.2) is 121 Å². The largest absolute Gasteiger partial charge is 0.0587 e. The van der Waals surface area contributed by atoms with Gasteiger partial charge in [0.15, 0.2) is 0 Å². The second kappa shape index (κ2) is 9.41. The van der Waals surface area contributed by atoms with Crippen LogP contribution < -0.4 is 0 Å². The van der Waals surface area contributed by atoms with Gasteiger partial charge in [-0.1, -0.05) is 136 Å². The Morgan fingerprint density at radius 3 is 0.795 bits per heavy atom. The van der Waals surface area contributed by atoms with Crippen LogP contribution in [0.1, 0.15) is 61.1 Å². The summed E-state index contributed by atoms with van der Waals surface area (Å²) in [6.45, 7) is 13.8. The first-order valence-electron chi connectivity index (χ1n) is 15.8. The van der Waals surface area contributed by atoms with Crippen molar-refractivity contribution in [3.8, 4) is 55.6 Å². The molecule has 0 saturated heterocycles. The molecule has 0 N–H and O–H groups in total. The maximum atomic E-state index is 2.45. The van der Waals surface area contributed by atoms with Gasteiger partial charge in [0.05, 0.1) is 0 Å². The van der Waals surface area contributed by atoms with Crippen LogP contribution in [0.4, 0.5) is 0 Å². The molecule has 0 aromatic heterocycles. The van der Waals surface area contributed by atoms with E-state index in [1.54, 1.807) is 0 Å². The molecule has 0 spiro atoms. The van der Waals surface area contributed by atoms with E-state index in [2.05, 4.69) is 163 Å². The number of hydrogen-bond donors (Lipinski definition) is 0. The first-order valence-corrected chi connectivity index (χ1v) is 15.8. The number of hydrogen-bond acceptors (Lipinski definition) is 0. The summed E-state index contributed by atoms with van der Waals surface area (Å²) in [4.78, 5) is 0. The first-order chi connectivity index (χ1) is 21.1. The summed E-state index contributed by atoms with van der Waals surface area (Å²) in [6, 6.07) is 46.1. The van der Waals surface area contributed by atoms with Gasteiger partial charge in [-0.05, 0) is 116 Å². The van der Waals surface area contributed by atoms with Crippen molar-refractivity contribution in [3.63, 3.8) is 0 Å². The van der Waals surface area contributed by atoms with E-state index in [-0.39, 0.29) is 10.8 Å². The van der Waals surface area contributed by atoms with Crippen molar-refractivity contribution >= 4 is 0 Å². The molecule has 0 aliphatic heterocycles. The molecule has 0 nitrogen and oxygen atoms in total. The Morgan fingerprint density at radius 1 is 0.295 bits per heavy atom. The molecule has 0 bridgehead atoms. The predicted octanol–water partition coefficient (Wildman–Crippen LogP) is 11.9. The van der Waals surface area contributed by atoms with E-state index >= 15 is 0 Å². The van der Waals surface area contributed by atoms with Crippen molar-refractivity contribution in [2.75, 3.05) is 0 Å². The molecule has 2 aliphatic rings. The molecule has 6 aromatic carbocycles. The summed E-state index contributed by atoms with van der Waals surface area (Å²) < 4.78 is 0. The molecule has 8 rings (SSSR count). The van der Waals surface area contributed by atoms with Crippen LogP contribution >= 0.6 is 0 Å². The topological polar surface area (TPSA) is 0 Å². The second-order valence-corrected chi connectivity index (χ2v) is 14.0. The third kappa shape index (κ3) is 3.97. The molecule has 214 valence electrons. The van der Waals surface area contributed by atoms with E-state index in [0.717, 1.165) is 0 Å². The van der Waals surface area contributed by atoms with Gasteiger partial charge in [-0.3, -0.25) is 0 Å². The summed E-state index contributed by atoms with van der Waals surface area (Å²) >= 11 is 0. The third-order valence-corrected chi connectivity index (χ3v) is 10.5. The predicted molar refractivity (Wildman–Crippen MR) is 187 cm³/mol. The Balaban J connectivity index is 1.16. The molecule has 6 aromatic rings. The minimum atomic E-state index is -0.0694. The standard InChI is InChI=1S/C44H38/c1-27-7-11-29(12-8-27)31-15-19-35-37-21-17-33(25-41(37)43(3,4)39(35)23-31)34-18-22-38-36-20-16-32(30-13-9-28(2)10-14-30)24-40(36)44(5,6)42(38)26-34/h7-26H,1-6H3. The second-order valence-electron chi connectivity index (χ2n) is 14.0. The van der Waals surface area contributed by atoms with Gasteiger partial charge in [-0.15, -0.1) is 0 Å². The van der Waals surface area contributed by atoms with Crippen molar-refractivity contribution in [2.45, 2.75) is 52.4 Å². The highest BCUT2D eigenvalue weighted by atomic mass is 14.4. The van der Waals surface area contributed by atoms with Crippen molar-refractivity contribution in [2.24, 2.45) is 0 Å². The molecule has 0 heteroatoms. The van der Waals surface area contributed by atoms with E-state index in [4.69, 9.17) is 0 Å². The van der Waals surface area contributed by atoms with Gasteiger partial charge in [0, 0.05) is 10.8 Å². The summed E-state index contributed by atoms with van der Waals surface area (Å²) in [5.74, 6) is 0. The van der Waals surface area contributed by atoms with Crippen LogP contribution in [0.25, 0.3) is 55.6 Å². The Kier molecular flexibility index (Phi) is 5.75. The van der Waals surface area contributed by atoms with E-state index in [1.165, 1.54) is 89.0 Å². The zero-order chi connectivity index (χ0) is 30.4. The van der Waals surface area contributed by atoms with Gasteiger partial charge in [0.2, 0.25) is 0 Å². The quantitative estimate of drug-likeness (QED) is 0.200. The fourth-order valence-corrected chi connectivity index (χ4v) is 7.69. The van der Waals surface area contributed by atoms with E-state index in [1.807, 2.05) is 0 Å². The molecular formula is C44H38. The number of aryl methyl sites for hydroxylation is 2. The summed E-state index contributed by atoms with van der Waals surface area (Å²) in [6.07, 6.45) is 0. The number of benzene rings is 6. The van der Waals surface area contributed by atoms with Gasteiger partial charge in [0.25, 0.3) is 0 Å². The van der Waals surface area contributed by atoms with Gasteiger partial charge >= 0.3 is 0 Å². The molecule has 0 fully saturated rings. The smallest absolute Gasteiger partial charge is 0.0159 e. The number of fused-ring (bicyclic) bond motifs is 6. The molecule has 0 saturated carbocycles. The average molecular weight is 567 g/mol. The average Bonchev–Trinajstić information content (AvgIpc) is 3.40. The summed E-state index contributed by atoms with van der Waals surface area (Å²) in [5, 5.41) is 0. The lowest BCUT2D eigenvalue weighted by atomic mass is 9.79. The summed E-state index contributed by atoms with van der Waals surface area (Å²) in [5.41, 5.74) is 21.3. The Labute approximate surface area is 262 Å². The highest BCUT2D eigenvalue weighted by Gasteiger charge is 2.37. The minimum Gasteiger partial charge on any atom is -0.0587 e. The summed E-state index contributed by atoms with van der Waals surface area (Å²) in [7, 11) is 0. The SMILES string of the molecule is Cc1ccc(-c2ccc3c(c2)C(C)(C)c2cc(-c4ccc5c(c4)C(C)(C)c4cc(-c6ccc(C)cc6)ccc4-5)ccc2-3)cc1. The van der Waals surface area contributed by atoms with Crippen molar-refractivity contribution in [3.05, 3.63) is 155 Å². The Bertz CT molecular complexity index is 1950. The molecule has 0 atom stereocenters. The van der Waals surface area contributed by atoms with Crippen LogP contribution in [0.2, 0.25) is 0 Å². The van der Waals surface area contributed by atoms with E-state index in [9.17, 15) is 0 Å². The lowest BCUT2D eigenvalue weighted by molar-refractivity contribution is 0.660. The molecule has 0 amide bonds. The molecular weight excluding hydrogens is 528 g/mol. The van der Waals surface area contributed by atoms with Crippen LogP contribution in [0, 0.1) is 13.8 Å². The lowest BCUT2D eigenvalue weighted by Gasteiger charge is -2.24. The fourth-order valence-electron chi connectivity index (χ4n) is 7.69. The van der Waals surface area contributed by atoms with Gasteiger partial charge in [-0.2, -0.15) is 0 Å². The highest BCUT2D eigenvalue weighted by molar-refractivity contribution is 5.88. The monoisotopic (exact) mass is 566 g/mol. The lowest BCUT2D eigenvalue weighted by Crippen LogP contribution is -2.15. The van der Waals surface area contributed by atoms with Crippen LogP contribution in [0.3, 0.4) is 0 Å². The Hall–Kier alpha value is -4.68. The fraction of sp³-hybridized carbons (Fsp3) is 0.182. The minimum absolute atomic E-state index is 0.0694. The number of rotatable bonds is 3. The molecule has 0 heterocycles. The highest BCUT2D eigenvalue weighted by Crippen LogP contribution is 2.53. The molecule has 44 heavy (non-hydrogen) atoms. The van der Waals surface area contributed by atoms with Crippen molar-refractivity contribution < 1.29 is 0 Å². The van der Waals surface area contributed by atoms with E-state index < -0.39 is 0 Å². The maximum Gasteiger partial charge on any atom is 0.0159 e. The molecule has 0 radical (unpaired) electrons. The van der Waals surface area contributed by atoms with Gasteiger partial charge in [0.1, 0.15) is 0 Å². The van der Waals surface area contributed by atoms with E-state index in [0.29, 0.717) is 0 Å². The maximum absolute atomic E-state index is 2.45. The Morgan fingerprint density at radius 2 is 0.523 bits per heavy atom. The van der Waals surface area contributed by atoms with Gasteiger partial charge < -0.3 is 0 Å². The zero-order valence-electron chi connectivity index (χ0n) is 26.5.